The molecule has 1 N–H and O–H groups in total. The molecule has 0 spiro atoms. The molecule has 0 unspecified atom stereocenters. The first-order valence-electron chi connectivity index (χ1n) is 6.50. The van der Waals surface area contributed by atoms with E-state index >= 15 is 0 Å². The summed E-state index contributed by atoms with van der Waals surface area (Å²) in [7, 11) is 3.90. The van der Waals surface area contributed by atoms with Gasteiger partial charge in [0.2, 0.25) is 5.88 Å². The Balaban J connectivity index is 2.01. The molecule has 2 aromatic rings. The van der Waals surface area contributed by atoms with Crippen molar-refractivity contribution < 1.29 is 4.74 Å². The topological polar surface area (TPSA) is 63.2 Å². The van der Waals surface area contributed by atoms with Gasteiger partial charge in [0.25, 0.3) is 0 Å². The van der Waals surface area contributed by atoms with Gasteiger partial charge in [-0.25, -0.2) is 15.0 Å². The van der Waals surface area contributed by atoms with Gasteiger partial charge >= 0.3 is 0 Å². The van der Waals surface area contributed by atoms with Crippen molar-refractivity contribution in [2.45, 2.75) is 13.5 Å². The fraction of sp³-hybridized carbons (Fsp3) is 0.357. The van der Waals surface area contributed by atoms with Crippen LogP contribution in [0.3, 0.4) is 0 Å². The lowest BCUT2D eigenvalue weighted by Gasteiger charge is -2.12. The van der Waals surface area contributed by atoms with E-state index in [1.807, 2.05) is 44.1 Å². The lowest BCUT2D eigenvalue weighted by Crippen LogP contribution is -2.11. The molecule has 0 aliphatic carbocycles. The van der Waals surface area contributed by atoms with Crippen LogP contribution in [0.4, 0.5) is 11.6 Å². The van der Waals surface area contributed by atoms with Crippen molar-refractivity contribution in [1.82, 2.24) is 15.0 Å². The van der Waals surface area contributed by atoms with Crippen LogP contribution in [0, 0.1) is 0 Å². The van der Waals surface area contributed by atoms with E-state index in [1.54, 1.807) is 12.5 Å². The number of nitrogens with one attached hydrogen (secondary N) is 1. The molecule has 0 radical (unpaired) electrons. The molecule has 0 saturated carbocycles. The summed E-state index contributed by atoms with van der Waals surface area (Å²) in [6.45, 7) is 3.21. The maximum atomic E-state index is 5.38. The van der Waals surface area contributed by atoms with Crippen LogP contribution < -0.4 is 15.0 Å². The van der Waals surface area contributed by atoms with Gasteiger partial charge in [-0.1, -0.05) is 0 Å². The predicted molar refractivity (Wildman–Crippen MR) is 79.1 cm³/mol. The van der Waals surface area contributed by atoms with Crippen molar-refractivity contribution in [2.24, 2.45) is 0 Å². The molecule has 2 aromatic heterocycles. The van der Waals surface area contributed by atoms with Gasteiger partial charge in [-0.15, -0.1) is 0 Å². The monoisotopic (exact) mass is 273 g/mol. The zero-order chi connectivity index (χ0) is 14.4. The van der Waals surface area contributed by atoms with Crippen LogP contribution in [0.5, 0.6) is 5.88 Å². The Bertz CT molecular complexity index is 559. The second-order valence-corrected chi connectivity index (χ2v) is 4.44. The molecule has 0 aliphatic heterocycles. The Labute approximate surface area is 118 Å². The Kier molecular flexibility index (Phi) is 4.70. The van der Waals surface area contributed by atoms with Crippen LogP contribution in [0.1, 0.15) is 12.5 Å². The van der Waals surface area contributed by atoms with Gasteiger partial charge < -0.3 is 15.0 Å². The van der Waals surface area contributed by atoms with Gasteiger partial charge in [-0.2, -0.15) is 0 Å². The highest BCUT2D eigenvalue weighted by Crippen LogP contribution is 2.14. The minimum Gasteiger partial charge on any atom is -0.478 e. The SMILES string of the molecule is CCOc1cc(CNc2cc(N(C)C)ncn2)ccn1. The van der Waals surface area contributed by atoms with E-state index in [0.29, 0.717) is 19.0 Å². The zero-order valence-corrected chi connectivity index (χ0v) is 12.0. The summed E-state index contributed by atoms with van der Waals surface area (Å²) in [6.07, 6.45) is 3.29. The number of anilines is 2. The third-order valence-corrected chi connectivity index (χ3v) is 2.68. The molecule has 6 nitrogen and oxygen atoms in total. The fourth-order valence-corrected chi connectivity index (χ4v) is 1.67. The van der Waals surface area contributed by atoms with Crippen LogP contribution in [0.15, 0.2) is 30.7 Å². The number of hydrogen-bond donors (Lipinski definition) is 1. The van der Waals surface area contributed by atoms with Gasteiger partial charge in [0.05, 0.1) is 6.61 Å². The number of pyridine rings is 1. The van der Waals surface area contributed by atoms with Crippen molar-refractivity contribution in [3.63, 3.8) is 0 Å². The molecule has 0 aromatic carbocycles. The van der Waals surface area contributed by atoms with E-state index in [1.165, 1.54) is 0 Å². The first-order chi connectivity index (χ1) is 9.69. The molecule has 0 fully saturated rings. The summed E-state index contributed by atoms with van der Waals surface area (Å²) in [5, 5.41) is 3.26. The Hall–Kier alpha value is -2.37. The summed E-state index contributed by atoms with van der Waals surface area (Å²) in [5.74, 6) is 2.30. The summed E-state index contributed by atoms with van der Waals surface area (Å²) in [5.41, 5.74) is 1.09. The molecule has 2 rings (SSSR count). The molecule has 0 bridgehead atoms. The number of hydrogen-bond acceptors (Lipinski definition) is 6. The zero-order valence-electron chi connectivity index (χ0n) is 12.0. The van der Waals surface area contributed by atoms with E-state index in [4.69, 9.17) is 4.74 Å². The smallest absolute Gasteiger partial charge is 0.213 e. The fourth-order valence-electron chi connectivity index (χ4n) is 1.67. The number of aromatic nitrogens is 3. The Morgan fingerprint density at radius 1 is 1.20 bits per heavy atom. The van der Waals surface area contributed by atoms with E-state index < -0.39 is 0 Å². The maximum Gasteiger partial charge on any atom is 0.213 e. The van der Waals surface area contributed by atoms with Crippen LogP contribution in [-0.2, 0) is 6.54 Å². The van der Waals surface area contributed by atoms with Crippen molar-refractivity contribution in [3.8, 4) is 5.88 Å². The average Bonchev–Trinajstić information content (AvgIpc) is 2.46. The predicted octanol–water partition coefficient (Wildman–Crippen LogP) is 1.95. The van der Waals surface area contributed by atoms with E-state index in [2.05, 4.69) is 20.3 Å². The average molecular weight is 273 g/mol. The minimum atomic E-state index is 0.613. The van der Waals surface area contributed by atoms with E-state index in [-0.39, 0.29) is 0 Å². The summed E-state index contributed by atoms with van der Waals surface area (Å²) in [6, 6.07) is 5.78. The second-order valence-electron chi connectivity index (χ2n) is 4.44. The summed E-state index contributed by atoms with van der Waals surface area (Å²) >= 11 is 0. The third kappa shape index (κ3) is 3.81. The van der Waals surface area contributed by atoms with Crippen LogP contribution in [0.25, 0.3) is 0 Å². The highest BCUT2D eigenvalue weighted by atomic mass is 16.5. The number of nitrogens with zero attached hydrogens (tertiary/aromatic N) is 4. The second kappa shape index (κ2) is 6.70. The molecule has 20 heavy (non-hydrogen) atoms. The lowest BCUT2D eigenvalue weighted by molar-refractivity contribution is 0.326. The first-order valence-corrected chi connectivity index (χ1v) is 6.50. The van der Waals surface area contributed by atoms with E-state index in [0.717, 1.165) is 17.2 Å². The highest BCUT2D eigenvalue weighted by Gasteiger charge is 2.02. The van der Waals surface area contributed by atoms with Gasteiger partial charge in [0.15, 0.2) is 0 Å². The Morgan fingerprint density at radius 2 is 2.05 bits per heavy atom. The largest absolute Gasteiger partial charge is 0.478 e. The molecule has 2 heterocycles. The molecule has 0 amide bonds. The minimum absolute atomic E-state index is 0.613. The van der Waals surface area contributed by atoms with Crippen molar-refractivity contribution >= 4 is 11.6 Å². The standard InChI is InChI=1S/C14H19N5O/c1-4-20-14-7-11(5-6-15-14)9-16-12-8-13(19(2)3)18-10-17-12/h5-8,10H,4,9H2,1-3H3,(H,16,17,18). The molecule has 0 aliphatic rings. The number of ether oxygens (including phenoxy) is 1. The summed E-state index contributed by atoms with van der Waals surface area (Å²) in [4.78, 5) is 14.5. The molecular weight excluding hydrogens is 254 g/mol. The van der Waals surface area contributed by atoms with Crippen LogP contribution in [-0.4, -0.2) is 35.7 Å². The van der Waals surface area contributed by atoms with Gasteiger partial charge in [-0.3, -0.25) is 0 Å². The van der Waals surface area contributed by atoms with Gasteiger partial charge in [0.1, 0.15) is 18.0 Å². The maximum absolute atomic E-state index is 5.38. The molecule has 6 heteroatoms. The first kappa shape index (κ1) is 14.0. The lowest BCUT2D eigenvalue weighted by atomic mass is 10.2. The van der Waals surface area contributed by atoms with Crippen LogP contribution in [0.2, 0.25) is 0 Å². The van der Waals surface area contributed by atoms with Gasteiger partial charge in [0, 0.05) is 39.0 Å². The molecular formula is C14H19N5O. The third-order valence-electron chi connectivity index (χ3n) is 2.68. The number of rotatable bonds is 6. The highest BCUT2D eigenvalue weighted by molar-refractivity contribution is 5.47. The molecule has 0 atom stereocenters. The molecule has 106 valence electrons. The normalized spacial score (nSPS) is 10.2. The van der Waals surface area contributed by atoms with Crippen molar-refractivity contribution in [1.29, 1.82) is 0 Å². The quantitative estimate of drug-likeness (QED) is 0.868. The van der Waals surface area contributed by atoms with E-state index in [9.17, 15) is 0 Å². The Morgan fingerprint density at radius 3 is 2.80 bits per heavy atom. The summed E-state index contributed by atoms with van der Waals surface area (Å²) < 4.78 is 5.38. The van der Waals surface area contributed by atoms with Crippen LogP contribution >= 0.6 is 0 Å². The van der Waals surface area contributed by atoms with Gasteiger partial charge in [-0.05, 0) is 18.6 Å². The van der Waals surface area contributed by atoms with Crippen molar-refractivity contribution in [2.75, 3.05) is 30.9 Å². The van der Waals surface area contributed by atoms with Crippen molar-refractivity contribution in [3.05, 3.63) is 36.3 Å². The molecule has 0 saturated heterocycles.